The van der Waals surface area contributed by atoms with Crippen LogP contribution in [0.3, 0.4) is 0 Å². The van der Waals surface area contributed by atoms with Crippen molar-refractivity contribution in [1.82, 2.24) is 0 Å². The molecule has 0 radical (unpaired) electrons. The molecule has 0 atom stereocenters. The van der Waals surface area contributed by atoms with Gasteiger partial charge in [-0.25, -0.2) is 0 Å². The van der Waals surface area contributed by atoms with Crippen molar-refractivity contribution in [2.45, 2.75) is 26.2 Å². The Hall–Kier alpha value is -1.33. The van der Waals surface area contributed by atoms with Crippen LogP contribution in [-0.4, -0.2) is 6.54 Å². The average molecular weight is 188 g/mol. The highest BCUT2D eigenvalue weighted by atomic mass is 14.5. The van der Waals surface area contributed by atoms with Crippen molar-refractivity contribution in [3.8, 4) is 6.07 Å². The maximum Gasteiger partial charge on any atom is 0.0994 e. The first kappa shape index (κ1) is 10.7. The van der Waals surface area contributed by atoms with Gasteiger partial charge in [0.1, 0.15) is 0 Å². The first-order valence-corrected chi connectivity index (χ1v) is 4.92. The molecule has 0 aromatic heterocycles. The van der Waals surface area contributed by atoms with Crippen molar-refractivity contribution in [3.63, 3.8) is 0 Å². The number of nitriles is 1. The van der Waals surface area contributed by atoms with Gasteiger partial charge in [0.05, 0.1) is 11.6 Å². The van der Waals surface area contributed by atoms with Crippen LogP contribution in [-0.2, 0) is 6.42 Å². The lowest BCUT2D eigenvalue weighted by atomic mass is 9.92. The van der Waals surface area contributed by atoms with Crippen molar-refractivity contribution >= 4 is 0 Å². The Morgan fingerprint density at radius 3 is 2.64 bits per heavy atom. The normalized spacial score (nSPS) is 10.2. The lowest BCUT2D eigenvalue weighted by molar-refractivity contribution is 0.830. The van der Waals surface area contributed by atoms with Gasteiger partial charge >= 0.3 is 0 Å². The van der Waals surface area contributed by atoms with Gasteiger partial charge in [0.25, 0.3) is 0 Å². The Balaban J connectivity index is 3.22. The van der Waals surface area contributed by atoms with Crippen molar-refractivity contribution < 1.29 is 0 Å². The van der Waals surface area contributed by atoms with Crippen LogP contribution in [0.4, 0.5) is 0 Å². The van der Waals surface area contributed by atoms with Crippen LogP contribution < -0.4 is 5.73 Å². The molecule has 1 rings (SSSR count). The van der Waals surface area contributed by atoms with E-state index >= 15 is 0 Å². The second-order valence-electron chi connectivity index (χ2n) is 3.68. The smallest absolute Gasteiger partial charge is 0.0994 e. The van der Waals surface area contributed by atoms with Crippen molar-refractivity contribution in [2.75, 3.05) is 6.54 Å². The van der Waals surface area contributed by atoms with E-state index < -0.39 is 0 Å². The molecule has 1 aromatic carbocycles. The number of nitrogens with two attached hydrogens (primary N) is 1. The van der Waals surface area contributed by atoms with Gasteiger partial charge in [-0.1, -0.05) is 26.0 Å². The molecule has 2 N–H and O–H groups in total. The Morgan fingerprint density at radius 2 is 2.14 bits per heavy atom. The molecule has 0 amide bonds. The van der Waals surface area contributed by atoms with Crippen LogP contribution in [0.5, 0.6) is 0 Å². The van der Waals surface area contributed by atoms with Gasteiger partial charge in [0, 0.05) is 0 Å². The Bertz CT molecular complexity index is 348. The van der Waals surface area contributed by atoms with E-state index in [0.29, 0.717) is 12.5 Å². The average Bonchev–Trinajstić information content (AvgIpc) is 2.18. The summed E-state index contributed by atoms with van der Waals surface area (Å²) >= 11 is 0. The summed E-state index contributed by atoms with van der Waals surface area (Å²) in [5.41, 5.74) is 8.67. The van der Waals surface area contributed by atoms with Gasteiger partial charge in [-0.3, -0.25) is 0 Å². The second kappa shape index (κ2) is 4.78. The zero-order valence-corrected chi connectivity index (χ0v) is 8.75. The molecule has 74 valence electrons. The van der Waals surface area contributed by atoms with E-state index in [9.17, 15) is 0 Å². The lowest BCUT2D eigenvalue weighted by Gasteiger charge is -2.13. The fraction of sp³-hybridized carbons (Fsp3) is 0.417. The van der Waals surface area contributed by atoms with Gasteiger partial charge < -0.3 is 5.73 Å². The highest BCUT2D eigenvalue weighted by Gasteiger charge is 2.09. The molecule has 14 heavy (non-hydrogen) atoms. The molecule has 0 aliphatic carbocycles. The fourth-order valence-electron chi connectivity index (χ4n) is 1.67. The van der Waals surface area contributed by atoms with Crippen LogP contribution >= 0.6 is 0 Å². The number of hydrogen-bond acceptors (Lipinski definition) is 2. The summed E-state index contributed by atoms with van der Waals surface area (Å²) in [5, 5.41) is 8.96. The summed E-state index contributed by atoms with van der Waals surface area (Å²) in [7, 11) is 0. The number of hydrogen-bond donors (Lipinski definition) is 1. The maximum atomic E-state index is 8.96. The first-order valence-electron chi connectivity index (χ1n) is 4.92. The topological polar surface area (TPSA) is 49.8 Å². The van der Waals surface area contributed by atoms with Gasteiger partial charge in [0.15, 0.2) is 0 Å². The third-order valence-electron chi connectivity index (χ3n) is 2.35. The quantitative estimate of drug-likeness (QED) is 0.790. The Labute approximate surface area is 85.4 Å². The van der Waals surface area contributed by atoms with Crippen LogP contribution in [0.15, 0.2) is 18.2 Å². The van der Waals surface area contributed by atoms with Crippen LogP contribution in [0.1, 0.15) is 36.5 Å². The molecule has 2 nitrogen and oxygen atoms in total. The van der Waals surface area contributed by atoms with E-state index in [-0.39, 0.29) is 0 Å². The molecular formula is C12H16N2. The summed E-state index contributed by atoms with van der Waals surface area (Å²) in [6.45, 7) is 4.87. The van der Waals surface area contributed by atoms with Gasteiger partial charge in [-0.2, -0.15) is 5.26 Å². The predicted octanol–water partition coefficient (Wildman–Crippen LogP) is 2.18. The molecule has 0 unspecified atom stereocenters. The Kier molecular flexibility index (Phi) is 3.67. The maximum absolute atomic E-state index is 8.96. The van der Waals surface area contributed by atoms with E-state index in [2.05, 4.69) is 26.0 Å². The largest absolute Gasteiger partial charge is 0.330 e. The van der Waals surface area contributed by atoms with E-state index in [4.69, 9.17) is 11.0 Å². The highest BCUT2D eigenvalue weighted by Crippen LogP contribution is 2.22. The van der Waals surface area contributed by atoms with E-state index in [0.717, 1.165) is 17.5 Å². The molecule has 0 bridgehead atoms. The van der Waals surface area contributed by atoms with Crippen LogP contribution in [0, 0.1) is 11.3 Å². The summed E-state index contributed by atoms with van der Waals surface area (Å²) in [6.07, 6.45) is 0.789. The van der Waals surface area contributed by atoms with Gasteiger partial charge in [0.2, 0.25) is 0 Å². The molecule has 2 heteroatoms. The molecule has 0 saturated carbocycles. The first-order chi connectivity index (χ1) is 6.70. The summed E-state index contributed by atoms with van der Waals surface area (Å²) in [4.78, 5) is 0. The summed E-state index contributed by atoms with van der Waals surface area (Å²) < 4.78 is 0. The van der Waals surface area contributed by atoms with Crippen molar-refractivity contribution in [1.29, 1.82) is 5.26 Å². The van der Waals surface area contributed by atoms with E-state index in [1.165, 1.54) is 5.56 Å². The molecule has 0 aliphatic rings. The third-order valence-corrected chi connectivity index (χ3v) is 2.35. The van der Waals surface area contributed by atoms with Crippen molar-refractivity contribution in [3.05, 3.63) is 34.9 Å². The summed E-state index contributed by atoms with van der Waals surface area (Å²) in [6, 6.07) is 8.10. The molecule has 0 aliphatic heterocycles. The molecule has 0 saturated heterocycles. The minimum absolute atomic E-state index is 0.449. The Morgan fingerprint density at radius 1 is 1.43 bits per heavy atom. The minimum atomic E-state index is 0.449. The number of nitrogens with zero attached hydrogens (tertiary/aromatic N) is 1. The van der Waals surface area contributed by atoms with E-state index in [1.807, 2.05) is 12.1 Å². The molecule has 0 fully saturated rings. The molecule has 0 heterocycles. The van der Waals surface area contributed by atoms with E-state index in [1.54, 1.807) is 0 Å². The monoisotopic (exact) mass is 188 g/mol. The molecule has 1 aromatic rings. The van der Waals surface area contributed by atoms with Crippen molar-refractivity contribution in [2.24, 2.45) is 5.73 Å². The molecule has 0 spiro atoms. The second-order valence-corrected chi connectivity index (χ2v) is 3.68. The summed E-state index contributed by atoms with van der Waals surface area (Å²) in [5.74, 6) is 0.449. The van der Waals surface area contributed by atoms with Gasteiger partial charge in [-0.05, 0) is 36.1 Å². The van der Waals surface area contributed by atoms with Crippen LogP contribution in [0.25, 0.3) is 0 Å². The molecular weight excluding hydrogens is 172 g/mol. The van der Waals surface area contributed by atoms with Crippen LogP contribution in [0.2, 0.25) is 0 Å². The lowest BCUT2D eigenvalue weighted by Crippen LogP contribution is -2.08. The number of benzene rings is 1. The fourth-order valence-corrected chi connectivity index (χ4v) is 1.67. The standard InChI is InChI=1S/C12H16N2/c1-9(2)11-5-3-4-10(8-14)12(11)6-7-13/h3-5,9H,6-7,13H2,1-2H3. The minimum Gasteiger partial charge on any atom is -0.330 e. The SMILES string of the molecule is CC(C)c1cccc(C#N)c1CCN. The van der Waals surface area contributed by atoms with Gasteiger partial charge in [-0.15, -0.1) is 0 Å². The zero-order valence-electron chi connectivity index (χ0n) is 8.75. The predicted molar refractivity (Wildman–Crippen MR) is 58.0 cm³/mol. The highest BCUT2D eigenvalue weighted by molar-refractivity contribution is 5.44. The zero-order chi connectivity index (χ0) is 10.6. The third kappa shape index (κ3) is 2.12. The number of rotatable bonds is 3.